The van der Waals surface area contributed by atoms with Gasteiger partial charge in [0.25, 0.3) is 0 Å². The predicted octanol–water partition coefficient (Wildman–Crippen LogP) is 3.16. The maximum atomic E-state index is 13.0. The summed E-state index contributed by atoms with van der Waals surface area (Å²) in [7, 11) is 0. The minimum absolute atomic E-state index is 0.0504. The van der Waals surface area contributed by atoms with Gasteiger partial charge in [-0.3, -0.25) is 11.3 Å². The molecule has 0 fully saturated rings. The summed E-state index contributed by atoms with van der Waals surface area (Å²) in [6.07, 6.45) is 3.22. The van der Waals surface area contributed by atoms with Crippen LogP contribution in [0.3, 0.4) is 0 Å². The molecule has 3 heteroatoms. The molecule has 0 radical (unpaired) electrons. The van der Waals surface area contributed by atoms with E-state index in [2.05, 4.69) is 19.3 Å². The van der Waals surface area contributed by atoms with Gasteiger partial charge < -0.3 is 0 Å². The Bertz CT molecular complexity index is 313. The van der Waals surface area contributed by atoms with E-state index in [1.165, 1.54) is 12.5 Å². The first-order valence-electron chi connectivity index (χ1n) is 5.85. The highest BCUT2D eigenvalue weighted by Gasteiger charge is 2.10. The van der Waals surface area contributed by atoms with Gasteiger partial charge in [0.15, 0.2) is 0 Å². The average Bonchev–Trinajstić information content (AvgIpc) is 2.24. The number of benzene rings is 1. The number of hydrogen-bond donors (Lipinski definition) is 2. The summed E-state index contributed by atoms with van der Waals surface area (Å²) in [5.74, 6) is 5.99. The van der Waals surface area contributed by atoms with Crippen molar-refractivity contribution in [3.8, 4) is 0 Å². The van der Waals surface area contributed by atoms with Crippen LogP contribution in [0.25, 0.3) is 0 Å². The molecule has 1 unspecified atom stereocenters. The summed E-state index contributed by atoms with van der Waals surface area (Å²) in [5.41, 5.74) is 3.68. The van der Waals surface area contributed by atoms with E-state index in [0.29, 0.717) is 5.92 Å². The van der Waals surface area contributed by atoms with Crippen LogP contribution in [0.2, 0.25) is 0 Å². The lowest BCUT2D eigenvalue weighted by molar-refractivity contribution is 0.453. The van der Waals surface area contributed by atoms with Crippen molar-refractivity contribution in [2.45, 2.75) is 39.2 Å². The largest absolute Gasteiger partial charge is 0.271 e. The maximum absolute atomic E-state index is 13.0. The van der Waals surface area contributed by atoms with Crippen LogP contribution in [0, 0.1) is 11.7 Å². The second kappa shape index (κ2) is 6.61. The number of hydrazine groups is 1. The Kier molecular flexibility index (Phi) is 5.43. The van der Waals surface area contributed by atoms with Gasteiger partial charge in [-0.2, -0.15) is 0 Å². The highest BCUT2D eigenvalue weighted by atomic mass is 19.1. The molecule has 16 heavy (non-hydrogen) atoms. The molecule has 90 valence electrons. The average molecular weight is 224 g/mol. The van der Waals surface area contributed by atoms with Crippen molar-refractivity contribution >= 4 is 0 Å². The van der Waals surface area contributed by atoms with E-state index in [0.717, 1.165) is 18.4 Å². The lowest BCUT2D eigenvalue weighted by Crippen LogP contribution is -2.28. The predicted molar refractivity (Wildman–Crippen MR) is 65.2 cm³/mol. The third kappa shape index (κ3) is 4.29. The molecule has 2 nitrogen and oxygen atoms in total. The van der Waals surface area contributed by atoms with Crippen molar-refractivity contribution < 1.29 is 4.39 Å². The van der Waals surface area contributed by atoms with E-state index in [1.54, 1.807) is 12.1 Å². The van der Waals surface area contributed by atoms with Crippen molar-refractivity contribution in [1.29, 1.82) is 0 Å². The third-order valence-corrected chi connectivity index (χ3v) is 2.73. The van der Waals surface area contributed by atoms with Gasteiger partial charge in [-0.05, 0) is 30.0 Å². The molecule has 1 aromatic rings. The van der Waals surface area contributed by atoms with Gasteiger partial charge >= 0.3 is 0 Å². The summed E-state index contributed by atoms with van der Waals surface area (Å²) in [6, 6.07) is 6.67. The van der Waals surface area contributed by atoms with Crippen molar-refractivity contribution in [2.24, 2.45) is 11.8 Å². The van der Waals surface area contributed by atoms with Crippen LogP contribution >= 0.6 is 0 Å². The fraction of sp³-hybridized carbons (Fsp3) is 0.538. The molecular formula is C13H21FN2. The molecular weight excluding hydrogens is 203 g/mol. The molecule has 0 heterocycles. The number of hydrogen-bond acceptors (Lipinski definition) is 2. The lowest BCUT2D eigenvalue weighted by atomic mass is 9.98. The molecule has 1 aromatic carbocycles. The van der Waals surface area contributed by atoms with E-state index in [1.807, 2.05) is 6.07 Å². The van der Waals surface area contributed by atoms with Gasteiger partial charge in [-0.1, -0.05) is 38.8 Å². The Morgan fingerprint density at radius 2 is 2.06 bits per heavy atom. The fourth-order valence-electron chi connectivity index (χ4n) is 1.80. The smallest absolute Gasteiger partial charge is 0.123 e. The third-order valence-electron chi connectivity index (χ3n) is 2.73. The van der Waals surface area contributed by atoms with Gasteiger partial charge in [0.2, 0.25) is 0 Å². The molecule has 0 saturated heterocycles. The molecule has 0 aliphatic heterocycles. The summed E-state index contributed by atoms with van der Waals surface area (Å²) < 4.78 is 13.0. The number of nitrogens with two attached hydrogens (primary N) is 1. The first-order chi connectivity index (χ1) is 7.63. The Morgan fingerprint density at radius 1 is 1.31 bits per heavy atom. The van der Waals surface area contributed by atoms with E-state index in [4.69, 9.17) is 5.84 Å². The quantitative estimate of drug-likeness (QED) is 0.575. The van der Waals surface area contributed by atoms with Gasteiger partial charge in [0.1, 0.15) is 5.82 Å². The van der Waals surface area contributed by atoms with Crippen LogP contribution in [0.4, 0.5) is 4.39 Å². The summed E-state index contributed by atoms with van der Waals surface area (Å²) in [5, 5.41) is 0. The zero-order chi connectivity index (χ0) is 12.0. The molecule has 0 aromatic heterocycles. The highest BCUT2D eigenvalue weighted by molar-refractivity contribution is 5.19. The molecule has 0 aliphatic carbocycles. The van der Waals surface area contributed by atoms with Gasteiger partial charge in [0, 0.05) is 6.04 Å². The number of nitrogens with one attached hydrogen (secondary N) is 1. The Labute approximate surface area is 97.0 Å². The minimum Gasteiger partial charge on any atom is -0.271 e. The fourth-order valence-corrected chi connectivity index (χ4v) is 1.80. The molecule has 3 N–H and O–H groups in total. The molecule has 1 rings (SSSR count). The monoisotopic (exact) mass is 224 g/mol. The summed E-state index contributed by atoms with van der Waals surface area (Å²) >= 11 is 0. The lowest BCUT2D eigenvalue weighted by Gasteiger charge is -2.16. The van der Waals surface area contributed by atoms with Gasteiger partial charge in [-0.15, -0.1) is 0 Å². The van der Waals surface area contributed by atoms with Crippen molar-refractivity contribution in [1.82, 2.24) is 5.43 Å². The number of halogens is 1. The minimum atomic E-state index is -0.207. The van der Waals surface area contributed by atoms with Crippen LogP contribution in [-0.4, -0.2) is 0 Å². The normalized spacial score (nSPS) is 13.1. The second-order valence-electron chi connectivity index (χ2n) is 4.60. The summed E-state index contributed by atoms with van der Waals surface area (Å²) in [6.45, 7) is 4.40. The maximum Gasteiger partial charge on any atom is 0.123 e. The van der Waals surface area contributed by atoms with Gasteiger partial charge in [0.05, 0.1) is 0 Å². The zero-order valence-electron chi connectivity index (χ0n) is 10.0. The van der Waals surface area contributed by atoms with Crippen LogP contribution < -0.4 is 11.3 Å². The van der Waals surface area contributed by atoms with Crippen LogP contribution in [0.15, 0.2) is 24.3 Å². The zero-order valence-corrected chi connectivity index (χ0v) is 10.0. The van der Waals surface area contributed by atoms with Crippen LogP contribution in [0.1, 0.15) is 44.7 Å². The second-order valence-corrected chi connectivity index (χ2v) is 4.60. The van der Waals surface area contributed by atoms with E-state index in [-0.39, 0.29) is 11.9 Å². The number of rotatable bonds is 6. The SMILES string of the molecule is CC(C)CCCC(NN)c1cccc(F)c1. The first kappa shape index (κ1) is 13.1. The highest BCUT2D eigenvalue weighted by Crippen LogP contribution is 2.20. The van der Waals surface area contributed by atoms with E-state index < -0.39 is 0 Å². The Balaban J connectivity index is 2.53. The first-order valence-corrected chi connectivity index (χ1v) is 5.85. The topological polar surface area (TPSA) is 38.0 Å². The molecule has 0 amide bonds. The van der Waals surface area contributed by atoms with Crippen molar-refractivity contribution in [3.05, 3.63) is 35.6 Å². The standard InChI is InChI=1S/C13H21FN2/c1-10(2)5-3-8-13(16-15)11-6-4-7-12(14)9-11/h4,6-7,9-10,13,16H,3,5,8,15H2,1-2H3. The molecule has 0 spiro atoms. The molecule has 1 atom stereocenters. The van der Waals surface area contributed by atoms with E-state index >= 15 is 0 Å². The molecule has 0 bridgehead atoms. The Morgan fingerprint density at radius 3 is 2.62 bits per heavy atom. The van der Waals surface area contributed by atoms with Crippen molar-refractivity contribution in [3.63, 3.8) is 0 Å². The van der Waals surface area contributed by atoms with Gasteiger partial charge in [-0.25, -0.2) is 4.39 Å². The molecule has 0 saturated carbocycles. The van der Waals surface area contributed by atoms with Crippen molar-refractivity contribution in [2.75, 3.05) is 0 Å². The summed E-state index contributed by atoms with van der Waals surface area (Å²) in [4.78, 5) is 0. The van der Waals surface area contributed by atoms with Crippen LogP contribution in [0.5, 0.6) is 0 Å². The molecule has 0 aliphatic rings. The Hall–Kier alpha value is -0.930. The van der Waals surface area contributed by atoms with Crippen LogP contribution in [-0.2, 0) is 0 Å². The van der Waals surface area contributed by atoms with E-state index in [9.17, 15) is 4.39 Å².